The van der Waals surface area contributed by atoms with Crippen LogP contribution in [0.1, 0.15) is 54.1 Å². The molecule has 0 aliphatic rings. The smallest absolute Gasteiger partial charge is 0.339 e. The summed E-state index contributed by atoms with van der Waals surface area (Å²) >= 11 is 0. The fourth-order valence-corrected chi connectivity index (χ4v) is 2.70. The molecule has 0 atom stereocenters. The maximum Gasteiger partial charge on any atom is 0.339 e. The molecule has 0 heterocycles. The summed E-state index contributed by atoms with van der Waals surface area (Å²) in [5.74, 6) is -2.39. The van der Waals surface area contributed by atoms with E-state index in [0.29, 0.717) is 11.4 Å². The van der Waals surface area contributed by atoms with Crippen LogP contribution in [0, 0.1) is 13.8 Å². The van der Waals surface area contributed by atoms with E-state index in [9.17, 15) is 19.5 Å². The number of para-hydroxylation sites is 1. The fourth-order valence-electron chi connectivity index (χ4n) is 2.70. The lowest BCUT2D eigenvalue weighted by atomic mass is 10.1. The van der Waals surface area contributed by atoms with Crippen LogP contribution in [0.25, 0.3) is 0 Å². The summed E-state index contributed by atoms with van der Waals surface area (Å²) in [7, 11) is 0. The Kier molecular flexibility index (Phi) is 11.1. The van der Waals surface area contributed by atoms with Crippen molar-refractivity contribution in [3.8, 4) is 5.75 Å². The van der Waals surface area contributed by atoms with Crippen molar-refractivity contribution in [1.82, 2.24) is 0 Å². The summed E-state index contributed by atoms with van der Waals surface area (Å²) in [6.45, 7) is 5.89. The predicted molar refractivity (Wildman–Crippen MR) is 125 cm³/mol. The quantitative estimate of drug-likeness (QED) is 0.268. The third-order valence-corrected chi connectivity index (χ3v) is 4.39. The van der Waals surface area contributed by atoms with E-state index >= 15 is 0 Å². The summed E-state index contributed by atoms with van der Waals surface area (Å²) in [4.78, 5) is 32.8. The van der Waals surface area contributed by atoms with Crippen LogP contribution in [0.2, 0.25) is 0 Å². The number of unbranched alkanes of at least 4 members (excludes halogenated alkanes) is 2. The van der Waals surface area contributed by atoms with Crippen molar-refractivity contribution < 1.29 is 29.7 Å². The zero-order valence-corrected chi connectivity index (χ0v) is 18.5. The van der Waals surface area contributed by atoms with E-state index in [1.807, 2.05) is 38.1 Å². The van der Waals surface area contributed by atoms with Crippen LogP contribution in [-0.2, 0) is 4.79 Å². The molecule has 5 N–H and O–H groups in total. The molecule has 0 aliphatic heterocycles. The first-order valence-electron chi connectivity index (χ1n) is 10.2. The van der Waals surface area contributed by atoms with Crippen LogP contribution in [0.15, 0.2) is 48.6 Å². The van der Waals surface area contributed by atoms with Crippen molar-refractivity contribution >= 4 is 29.3 Å². The molecule has 0 bridgehead atoms. The summed E-state index contributed by atoms with van der Waals surface area (Å²) in [5, 5.41) is 31.9. The third kappa shape index (κ3) is 9.34. The van der Waals surface area contributed by atoms with Crippen LogP contribution in [-0.4, -0.2) is 33.3 Å². The number of aryl methyl sites for hydroxylation is 2. The van der Waals surface area contributed by atoms with Gasteiger partial charge in [-0.2, -0.15) is 0 Å². The number of phenols is 1. The normalized spacial score (nSPS) is 10.2. The van der Waals surface area contributed by atoms with Gasteiger partial charge < -0.3 is 26.0 Å². The summed E-state index contributed by atoms with van der Waals surface area (Å²) in [5.41, 5.74) is 2.65. The van der Waals surface area contributed by atoms with Crippen LogP contribution in [0.5, 0.6) is 5.75 Å². The molecule has 172 valence electrons. The van der Waals surface area contributed by atoms with E-state index in [1.165, 1.54) is 18.2 Å². The van der Waals surface area contributed by atoms with Crippen LogP contribution >= 0.6 is 0 Å². The Bertz CT molecular complexity index is 949. The number of carboxylic acid groups (broad SMARTS) is 2. The van der Waals surface area contributed by atoms with Gasteiger partial charge in [0.05, 0.1) is 6.42 Å². The Morgan fingerprint density at radius 1 is 0.969 bits per heavy atom. The number of amides is 2. The average molecular weight is 443 g/mol. The number of carbonyl (C=O) groups excluding carboxylic acids is 1. The number of aromatic carboxylic acids is 1. The minimum atomic E-state index is -1.23. The second-order valence-corrected chi connectivity index (χ2v) is 7.09. The summed E-state index contributed by atoms with van der Waals surface area (Å²) < 4.78 is 0. The van der Waals surface area contributed by atoms with Crippen molar-refractivity contribution in [2.75, 3.05) is 10.6 Å². The Hall–Kier alpha value is -3.81. The second kappa shape index (κ2) is 13.5. The predicted octanol–water partition coefficient (Wildman–Crippen LogP) is 5.56. The molecule has 0 unspecified atom stereocenters. The average Bonchev–Trinajstić information content (AvgIpc) is 2.71. The number of allylic oxidation sites excluding steroid dienone is 1. The number of aromatic hydroxyl groups is 1. The molecule has 2 amide bonds. The molecule has 32 heavy (non-hydrogen) atoms. The Morgan fingerprint density at radius 2 is 1.62 bits per heavy atom. The van der Waals surface area contributed by atoms with Gasteiger partial charge in [0.25, 0.3) is 0 Å². The van der Waals surface area contributed by atoms with E-state index in [0.717, 1.165) is 30.4 Å². The van der Waals surface area contributed by atoms with Crippen molar-refractivity contribution in [3.05, 3.63) is 65.2 Å². The highest BCUT2D eigenvalue weighted by molar-refractivity contribution is 6.01. The molecule has 8 heteroatoms. The van der Waals surface area contributed by atoms with E-state index < -0.39 is 23.7 Å². The molecule has 2 aromatic carbocycles. The van der Waals surface area contributed by atoms with Gasteiger partial charge in [-0.05, 0) is 43.5 Å². The summed E-state index contributed by atoms with van der Waals surface area (Å²) in [6, 6.07) is 9.02. The standard InChI is InChI=1S/C16H16N2O4.C8H14O2/c1-9-4-3-5-10(2)14(9)18-16(22)17-11-6-7-12(15(20)21)13(19)8-11;1-2-3-4-5-6-7-8(9)10/h3-8,19H,1-2H3,(H,20,21)(H2,17,18,22);5-6H,2-4,7H2,1H3,(H,9,10). The number of benzene rings is 2. The summed E-state index contributed by atoms with van der Waals surface area (Å²) in [6.07, 6.45) is 7.11. The molecule has 2 rings (SSSR count). The Morgan fingerprint density at radius 3 is 2.16 bits per heavy atom. The van der Waals surface area contributed by atoms with Gasteiger partial charge in [0.15, 0.2) is 0 Å². The van der Waals surface area contributed by atoms with Crippen LogP contribution in [0.4, 0.5) is 16.2 Å². The number of rotatable bonds is 8. The lowest BCUT2D eigenvalue weighted by Crippen LogP contribution is -2.20. The first kappa shape index (κ1) is 26.2. The first-order valence-corrected chi connectivity index (χ1v) is 10.2. The highest BCUT2D eigenvalue weighted by atomic mass is 16.4. The number of carbonyl (C=O) groups is 3. The molecule has 0 saturated carbocycles. The van der Waals surface area contributed by atoms with Crippen molar-refractivity contribution in [3.63, 3.8) is 0 Å². The molecule has 0 fully saturated rings. The molecular formula is C24H30N2O6. The third-order valence-electron chi connectivity index (χ3n) is 4.39. The number of aliphatic carboxylic acids is 1. The molecular weight excluding hydrogens is 412 g/mol. The van der Waals surface area contributed by atoms with E-state index in [4.69, 9.17) is 10.2 Å². The molecule has 0 aromatic heterocycles. The van der Waals surface area contributed by atoms with E-state index in [-0.39, 0.29) is 12.0 Å². The minimum Gasteiger partial charge on any atom is -0.507 e. The molecule has 0 aliphatic carbocycles. The lowest BCUT2D eigenvalue weighted by molar-refractivity contribution is -0.136. The van der Waals surface area contributed by atoms with Gasteiger partial charge in [-0.3, -0.25) is 4.79 Å². The van der Waals surface area contributed by atoms with Gasteiger partial charge in [-0.1, -0.05) is 50.1 Å². The minimum absolute atomic E-state index is 0.156. The molecule has 0 saturated heterocycles. The maximum atomic E-state index is 12.0. The molecule has 0 spiro atoms. The molecule has 0 radical (unpaired) electrons. The van der Waals surface area contributed by atoms with Gasteiger partial charge in [-0.15, -0.1) is 0 Å². The van der Waals surface area contributed by atoms with Gasteiger partial charge >= 0.3 is 18.0 Å². The maximum absolute atomic E-state index is 12.0. The second-order valence-electron chi connectivity index (χ2n) is 7.09. The van der Waals surface area contributed by atoms with Crippen LogP contribution < -0.4 is 10.6 Å². The van der Waals surface area contributed by atoms with Gasteiger partial charge in [-0.25, -0.2) is 9.59 Å². The SMILES string of the molecule is CCCCC=CCC(=O)O.Cc1cccc(C)c1NC(=O)Nc1ccc(C(=O)O)c(O)c1. The highest BCUT2D eigenvalue weighted by Crippen LogP contribution is 2.23. The highest BCUT2D eigenvalue weighted by Gasteiger charge is 2.12. The largest absolute Gasteiger partial charge is 0.507 e. The monoisotopic (exact) mass is 442 g/mol. The molecule has 2 aromatic rings. The number of carboxylic acids is 2. The number of anilines is 2. The number of hydrogen-bond donors (Lipinski definition) is 5. The number of nitrogens with one attached hydrogen (secondary N) is 2. The van der Waals surface area contributed by atoms with Crippen molar-refractivity contribution in [1.29, 1.82) is 0 Å². The van der Waals surface area contributed by atoms with Crippen LogP contribution in [0.3, 0.4) is 0 Å². The number of hydrogen-bond acceptors (Lipinski definition) is 4. The van der Waals surface area contributed by atoms with E-state index in [1.54, 1.807) is 6.08 Å². The topological polar surface area (TPSA) is 136 Å². The van der Waals surface area contributed by atoms with E-state index in [2.05, 4.69) is 17.6 Å². The first-order chi connectivity index (χ1) is 15.1. The van der Waals surface area contributed by atoms with Gasteiger partial charge in [0.2, 0.25) is 0 Å². The zero-order valence-electron chi connectivity index (χ0n) is 18.5. The van der Waals surface area contributed by atoms with Crippen molar-refractivity contribution in [2.24, 2.45) is 0 Å². The van der Waals surface area contributed by atoms with Gasteiger partial charge in [0.1, 0.15) is 11.3 Å². The Balaban J connectivity index is 0.000000433. The number of urea groups is 1. The molecule has 8 nitrogen and oxygen atoms in total. The Labute approximate surface area is 187 Å². The van der Waals surface area contributed by atoms with Crippen molar-refractivity contribution in [2.45, 2.75) is 46.5 Å². The van der Waals surface area contributed by atoms with Gasteiger partial charge in [0, 0.05) is 17.4 Å². The zero-order chi connectivity index (χ0) is 24.1. The fraction of sp³-hybridized carbons (Fsp3) is 0.292. The lowest BCUT2D eigenvalue weighted by Gasteiger charge is -2.12.